The SMILES string of the molecule is CN(CC(F)(F)F)C(=O)c1ccc(S)cc1. The van der Waals surface area contributed by atoms with Crippen LogP contribution in [-0.2, 0) is 0 Å². The van der Waals surface area contributed by atoms with Crippen LogP contribution in [0.1, 0.15) is 10.4 Å². The first kappa shape index (κ1) is 12.9. The van der Waals surface area contributed by atoms with Gasteiger partial charge in [-0.1, -0.05) is 0 Å². The highest BCUT2D eigenvalue weighted by molar-refractivity contribution is 7.80. The largest absolute Gasteiger partial charge is 0.406 e. The summed E-state index contributed by atoms with van der Waals surface area (Å²) in [7, 11) is 1.12. The third-order valence-corrected chi connectivity index (χ3v) is 2.18. The highest BCUT2D eigenvalue weighted by Crippen LogP contribution is 2.17. The van der Waals surface area contributed by atoms with E-state index in [-0.39, 0.29) is 5.56 Å². The molecule has 0 heterocycles. The number of amides is 1. The van der Waals surface area contributed by atoms with Gasteiger partial charge in [0.05, 0.1) is 0 Å². The summed E-state index contributed by atoms with van der Waals surface area (Å²) in [4.78, 5) is 12.8. The van der Waals surface area contributed by atoms with Crippen molar-refractivity contribution in [3.05, 3.63) is 29.8 Å². The number of thiol groups is 1. The molecule has 0 unspecified atom stereocenters. The van der Waals surface area contributed by atoms with Gasteiger partial charge < -0.3 is 4.90 Å². The van der Waals surface area contributed by atoms with Crippen LogP contribution in [0.4, 0.5) is 13.2 Å². The van der Waals surface area contributed by atoms with Gasteiger partial charge in [-0.3, -0.25) is 4.79 Å². The number of carbonyl (C=O) groups excluding carboxylic acids is 1. The Bertz CT molecular complexity index is 375. The predicted molar refractivity (Wildman–Crippen MR) is 56.7 cm³/mol. The van der Waals surface area contributed by atoms with Gasteiger partial charge in [0.2, 0.25) is 0 Å². The fourth-order valence-electron chi connectivity index (χ4n) is 1.17. The van der Waals surface area contributed by atoms with E-state index in [2.05, 4.69) is 12.6 Å². The molecule has 0 fully saturated rings. The number of nitrogens with zero attached hydrogens (tertiary/aromatic N) is 1. The molecular formula is C10H10F3NOS. The maximum atomic E-state index is 12.0. The Balaban J connectivity index is 2.74. The van der Waals surface area contributed by atoms with Gasteiger partial charge in [-0.15, -0.1) is 12.6 Å². The highest BCUT2D eigenvalue weighted by Gasteiger charge is 2.31. The van der Waals surface area contributed by atoms with Crippen LogP contribution in [0.25, 0.3) is 0 Å². The zero-order chi connectivity index (χ0) is 12.3. The molecule has 0 aliphatic rings. The quantitative estimate of drug-likeness (QED) is 0.799. The fraction of sp³-hybridized carbons (Fsp3) is 0.300. The second kappa shape index (κ2) is 4.78. The van der Waals surface area contributed by atoms with E-state index in [0.717, 1.165) is 7.05 Å². The highest BCUT2D eigenvalue weighted by atomic mass is 32.1. The summed E-state index contributed by atoms with van der Waals surface area (Å²) in [5.41, 5.74) is 0.213. The Kier molecular flexibility index (Phi) is 3.85. The van der Waals surface area contributed by atoms with Gasteiger partial charge in [-0.05, 0) is 24.3 Å². The topological polar surface area (TPSA) is 20.3 Å². The molecule has 1 amide bonds. The molecule has 0 N–H and O–H groups in total. The molecule has 0 saturated carbocycles. The second-order valence-electron chi connectivity index (χ2n) is 3.32. The van der Waals surface area contributed by atoms with E-state index in [1.165, 1.54) is 12.1 Å². The minimum absolute atomic E-state index is 0.213. The van der Waals surface area contributed by atoms with Crippen molar-refractivity contribution in [3.8, 4) is 0 Å². The predicted octanol–water partition coefficient (Wildman–Crippen LogP) is 2.61. The second-order valence-corrected chi connectivity index (χ2v) is 3.84. The van der Waals surface area contributed by atoms with Crippen molar-refractivity contribution in [2.24, 2.45) is 0 Å². The third-order valence-electron chi connectivity index (χ3n) is 1.88. The Hall–Kier alpha value is -1.17. The van der Waals surface area contributed by atoms with Gasteiger partial charge >= 0.3 is 6.18 Å². The number of hydrogen-bond donors (Lipinski definition) is 1. The van der Waals surface area contributed by atoms with Gasteiger partial charge in [0.1, 0.15) is 6.54 Å². The summed E-state index contributed by atoms with van der Waals surface area (Å²) >= 11 is 4.02. The van der Waals surface area contributed by atoms with E-state index in [4.69, 9.17) is 0 Å². The van der Waals surface area contributed by atoms with Gasteiger partial charge in [-0.2, -0.15) is 13.2 Å². The van der Waals surface area contributed by atoms with Crippen LogP contribution >= 0.6 is 12.6 Å². The average Bonchev–Trinajstić information content (AvgIpc) is 2.15. The summed E-state index contributed by atoms with van der Waals surface area (Å²) < 4.78 is 36.1. The van der Waals surface area contributed by atoms with Crippen LogP contribution in [0.2, 0.25) is 0 Å². The molecule has 2 nitrogen and oxygen atoms in total. The molecule has 0 bridgehead atoms. The van der Waals surface area contributed by atoms with Crippen LogP contribution in [0.5, 0.6) is 0 Å². The maximum absolute atomic E-state index is 12.0. The van der Waals surface area contributed by atoms with Crippen molar-refractivity contribution in [2.45, 2.75) is 11.1 Å². The van der Waals surface area contributed by atoms with Crippen LogP contribution in [0.15, 0.2) is 29.2 Å². The molecule has 6 heteroatoms. The number of carbonyl (C=O) groups is 1. The number of benzene rings is 1. The molecule has 1 rings (SSSR count). The molecule has 0 radical (unpaired) electrons. The summed E-state index contributed by atoms with van der Waals surface area (Å²) in [6, 6.07) is 5.99. The van der Waals surface area contributed by atoms with E-state index in [9.17, 15) is 18.0 Å². The van der Waals surface area contributed by atoms with E-state index in [1.807, 2.05) is 0 Å². The molecule has 0 spiro atoms. The first-order chi connectivity index (χ1) is 7.29. The lowest BCUT2D eigenvalue weighted by Crippen LogP contribution is -2.35. The van der Waals surface area contributed by atoms with E-state index in [1.54, 1.807) is 12.1 Å². The Labute approximate surface area is 96.5 Å². The molecule has 88 valence electrons. The first-order valence-electron chi connectivity index (χ1n) is 4.41. The zero-order valence-corrected chi connectivity index (χ0v) is 9.35. The number of halogens is 3. The van der Waals surface area contributed by atoms with Crippen molar-refractivity contribution in [2.75, 3.05) is 13.6 Å². The normalized spacial score (nSPS) is 11.3. The Morgan fingerprint density at radius 1 is 1.31 bits per heavy atom. The van der Waals surface area contributed by atoms with E-state index in [0.29, 0.717) is 9.80 Å². The summed E-state index contributed by atoms with van der Waals surface area (Å²) in [6.45, 7) is -1.26. The molecule has 1 aromatic carbocycles. The zero-order valence-electron chi connectivity index (χ0n) is 8.45. The fourth-order valence-corrected chi connectivity index (χ4v) is 1.31. The van der Waals surface area contributed by atoms with Gasteiger partial charge in [0.15, 0.2) is 0 Å². The van der Waals surface area contributed by atoms with E-state index < -0.39 is 18.6 Å². The van der Waals surface area contributed by atoms with Gasteiger partial charge in [0, 0.05) is 17.5 Å². The summed E-state index contributed by atoms with van der Waals surface area (Å²) in [5.74, 6) is -0.661. The van der Waals surface area contributed by atoms with Crippen molar-refractivity contribution in [1.82, 2.24) is 4.90 Å². The van der Waals surface area contributed by atoms with Crippen LogP contribution in [-0.4, -0.2) is 30.6 Å². The molecule has 0 saturated heterocycles. The Morgan fingerprint density at radius 2 is 1.81 bits per heavy atom. The summed E-state index contributed by atoms with van der Waals surface area (Å²) in [5, 5.41) is 0. The molecule has 0 aliphatic carbocycles. The molecule has 0 aromatic heterocycles. The van der Waals surface area contributed by atoms with Gasteiger partial charge in [0.25, 0.3) is 5.91 Å². The third kappa shape index (κ3) is 3.77. The van der Waals surface area contributed by atoms with Crippen molar-refractivity contribution in [1.29, 1.82) is 0 Å². The minimum atomic E-state index is -4.38. The molecule has 1 aromatic rings. The monoisotopic (exact) mass is 249 g/mol. The van der Waals surface area contributed by atoms with Crippen molar-refractivity contribution < 1.29 is 18.0 Å². The molecule has 0 atom stereocenters. The smallest absolute Gasteiger partial charge is 0.333 e. The molecule has 16 heavy (non-hydrogen) atoms. The molecule has 0 aliphatic heterocycles. The maximum Gasteiger partial charge on any atom is 0.406 e. The number of hydrogen-bond acceptors (Lipinski definition) is 2. The lowest BCUT2D eigenvalue weighted by atomic mass is 10.2. The number of rotatable bonds is 2. The lowest BCUT2D eigenvalue weighted by Gasteiger charge is -2.18. The van der Waals surface area contributed by atoms with Crippen molar-refractivity contribution in [3.63, 3.8) is 0 Å². The minimum Gasteiger partial charge on any atom is -0.333 e. The Morgan fingerprint density at radius 3 is 2.25 bits per heavy atom. The lowest BCUT2D eigenvalue weighted by molar-refractivity contribution is -0.138. The number of alkyl halides is 3. The van der Waals surface area contributed by atoms with E-state index >= 15 is 0 Å². The average molecular weight is 249 g/mol. The first-order valence-corrected chi connectivity index (χ1v) is 4.85. The van der Waals surface area contributed by atoms with Crippen LogP contribution < -0.4 is 0 Å². The van der Waals surface area contributed by atoms with Gasteiger partial charge in [-0.25, -0.2) is 0 Å². The van der Waals surface area contributed by atoms with Crippen LogP contribution in [0.3, 0.4) is 0 Å². The standard InChI is InChI=1S/C10H10F3NOS/c1-14(6-10(11,12)13)9(15)7-2-4-8(16)5-3-7/h2-5,16H,6H2,1H3. The molecular weight excluding hydrogens is 239 g/mol. The van der Waals surface area contributed by atoms with Crippen molar-refractivity contribution >= 4 is 18.5 Å². The summed E-state index contributed by atoms with van der Waals surface area (Å²) in [6.07, 6.45) is -4.38. The van der Waals surface area contributed by atoms with Crippen LogP contribution in [0, 0.1) is 0 Å².